The lowest BCUT2D eigenvalue weighted by Gasteiger charge is -2.02. The standard InChI is InChI=1S/C11H10ClNO/c1-8(7-13)11(12)9-3-5-10(14-2)6-4-9/h3-6H,1-2H3/b11-8-. The van der Waals surface area contributed by atoms with Gasteiger partial charge in [0.2, 0.25) is 0 Å². The fourth-order valence-electron chi connectivity index (χ4n) is 1.00. The van der Waals surface area contributed by atoms with Gasteiger partial charge in [0.1, 0.15) is 5.75 Å². The Kier molecular flexibility index (Phi) is 3.55. The average molecular weight is 208 g/mol. The first kappa shape index (κ1) is 10.6. The van der Waals surface area contributed by atoms with Gasteiger partial charge < -0.3 is 4.74 Å². The summed E-state index contributed by atoms with van der Waals surface area (Å²) >= 11 is 5.97. The molecular formula is C11H10ClNO. The van der Waals surface area contributed by atoms with Crippen molar-refractivity contribution in [2.75, 3.05) is 7.11 Å². The van der Waals surface area contributed by atoms with Gasteiger partial charge in [0, 0.05) is 5.57 Å². The van der Waals surface area contributed by atoms with E-state index in [1.807, 2.05) is 30.3 Å². The third-order valence-electron chi connectivity index (χ3n) is 1.84. The normalized spacial score (nSPS) is 11.6. The molecular weight excluding hydrogens is 198 g/mol. The van der Waals surface area contributed by atoms with E-state index in [1.165, 1.54) is 0 Å². The van der Waals surface area contributed by atoms with E-state index in [2.05, 4.69) is 0 Å². The molecule has 1 aromatic carbocycles. The molecule has 0 saturated heterocycles. The van der Waals surface area contributed by atoms with Gasteiger partial charge in [0.15, 0.2) is 0 Å². The number of hydrogen-bond donors (Lipinski definition) is 0. The zero-order valence-electron chi connectivity index (χ0n) is 8.04. The third kappa shape index (κ3) is 2.27. The summed E-state index contributed by atoms with van der Waals surface area (Å²) in [7, 11) is 1.60. The first-order chi connectivity index (χ1) is 6.69. The van der Waals surface area contributed by atoms with Crippen molar-refractivity contribution in [3.63, 3.8) is 0 Å². The molecule has 0 spiro atoms. The monoisotopic (exact) mass is 207 g/mol. The fraction of sp³-hybridized carbons (Fsp3) is 0.182. The number of nitrogens with zero attached hydrogens (tertiary/aromatic N) is 1. The summed E-state index contributed by atoms with van der Waals surface area (Å²) in [5.41, 5.74) is 1.34. The Morgan fingerprint density at radius 2 is 1.93 bits per heavy atom. The zero-order valence-corrected chi connectivity index (χ0v) is 8.80. The predicted octanol–water partition coefficient (Wildman–Crippen LogP) is 3.19. The topological polar surface area (TPSA) is 33.0 Å². The third-order valence-corrected chi connectivity index (χ3v) is 2.34. The molecule has 0 aliphatic heterocycles. The van der Waals surface area contributed by atoms with Crippen molar-refractivity contribution in [1.82, 2.24) is 0 Å². The van der Waals surface area contributed by atoms with Crippen LogP contribution >= 0.6 is 11.6 Å². The van der Waals surface area contributed by atoms with E-state index in [-0.39, 0.29) is 0 Å². The lowest BCUT2D eigenvalue weighted by atomic mass is 10.1. The van der Waals surface area contributed by atoms with Crippen LogP contribution in [0.25, 0.3) is 5.03 Å². The molecule has 0 aromatic heterocycles. The highest BCUT2D eigenvalue weighted by Gasteiger charge is 2.02. The minimum absolute atomic E-state index is 0.482. The van der Waals surface area contributed by atoms with Crippen molar-refractivity contribution < 1.29 is 4.74 Å². The fourth-order valence-corrected chi connectivity index (χ4v) is 1.17. The Morgan fingerprint density at radius 1 is 1.36 bits per heavy atom. The van der Waals surface area contributed by atoms with E-state index in [0.717, 1.165) is 11.3 Å². The summed E-state index contributed by atoms with van der Waals surface area (Å²) in [6.45, 7) is 1.69. The number of benzene rings is 1. The zero-order chi connectivity index (χ0) is 10.6. The lowest BCUT2D eigenvalue weighted by molar-refractivity contribution is 0.415. The van der Waals surface area contributed by atoms with Gasteiger partial charge in [-0.05, 0) is 36.8 Å². The number of allylic oxidation sites excluding steroid dienone is 1. The summed E-state index contributed by atoms with van der Waals surface area (Å²) in [6, 6.07) is 9.27. The van der Waals surface area contributed by atoms with Crippen molar-refractivity contribution in [1.29, 1.82) is 5.26 Å². The molecule has 2 nitrogen and oxygen atoms in total. The van der Waals surface area contributed by atoms with Gasteiger partial charge in [-0.15, -0.1) is 0 Å². The van der Waals surface area contributed by atoms with Crippen LogP contribution in [0.4, 0.5) is 0 Å². The first-order valence-electron chi connectivity index (χ1n) is 4.10. The molecule has 0 bridgehead atoms. The molecule has 3 heteroatoms. The van der Waals surface area contributed by atoms with Crippen LogP contribution in [0.15, 0.2) is 29.8 Å². The molecule has 1 rings (SSSR count). The van der Waals surface area contributed by atoms with Gasteiger partial charge in [-0.2, -0.15) is 5.26 Å². The van der Waals surface area contributed by atoms with Gasteiger partial charge in [-0.3, -0.25) is 0 Å². The molecule has 0 unspecified atom stereocenters. The molecule has 72 valence electrons. The smallest absolute Gasteiger partial charge is 0.118 e. The molecule has 0 aliphatic carbocycles. The quantitative estimate of drug-likeness (QED) is 0.698. The molecule has 0 amide bonds. The van der Waals surface area contributed by atoms with Crippen molar-refractivity contribution in [3.05, 3.63) is 35.4 Å². The molecule has 0 atom stereocenters. The number of rotatable bonds is 2. The Bertz CT molecular complexity index is 387. The average Bonchev–Trinajstić information content (AvgIpc) is 2.27. The first-order valence-corrected chi connectivity index (χ1v) is 4.47. The lowest BCUT2D eigenvalue weighted by Crippen LogP contribution is -1.84. The molecule has 0 heterocycles. The summed E-state index contributed by atoms with van der Waals surface area (Å²) in [6.07, 6.45) is 0. The van der Waals surface area contributed by atoms with Gasteiger partial charge >= 0.3 is 0 Å². The summed E-state index contributed by atoms with van der Waals surface area (Å²) in [5, 5.41) is 9.13. The van der Waals surface area contributed by atoms with Crippen LogP contribution in [0.1, 0.15) is 12.5 Å². The summed E-state index contributed by atoms with van der Waals surface area (Å²) in [4.78, 5) is 0. The molecule has 0 N–H and O–H groups in total. The highest BCUT2D eigenvalue weighted by atomic mass is 35.5. The van der Waals surface area contributed by atoms with Crippen LogP contribution in [-0.4, -0.2) is 7.11 Å². The van der Waals surface area contributed by atoms with E-state index in [0.29, 0.717) is 10.6 Å². The highest BCUT2D eigenvalue weighted by Crippen LogP contribution is 2.24. The second-order valence-corrected chi connectivity index (χ2v) is 3.16. The van der Waals surface area contributed by atoms with Gasteiger partial charge in [0.05, 0.1) is 18.2 Å². The van der Waals surface area contributed by atoms with Gasteiger partial charge in [-0.1, -0.05) is 11.6 Å². The number of ether oxygens (including phenoxy) is 1. The second kappa shape index (κ2) is 4.69. The number of methoxy groups -OCH3 is 1. The Hall–Kier alpha value is -1.46. The second-order valence-electron chi connectivity index (χ2n) is 2.78. The van der Waals surface area contributed by atoms with Gasteiger partial charge in [-0.25, -0.2) is 0 Å². The highest BCUT2D eigenvalue weighted by molar-refractivity contribution is 6.49. The van der Waals surface area contributed by atoms with Gasteiger partial charge in [0.25, 0.3) is 0 Å². The molecule has 1 aromatic rings. The Labute approximate surface area is 88.4 Å². The van der Waals surface area contributed by atoms with Crippen LogP contribution in [0.3, 0.4) is 0 Å². The molecule has 0 saturated carbocycles. The Balaban J connectivity index is 3.05. The molecule has 0 radical (unpaired) electrons. The molecule has 14 heavy (non-hydrogen) atoms. The van der Waals surface area contributed by atoms with E-state index in [4.69, 9.17) is 21.6 Å². The van der Waals surface area contributed by atoms with Crippen LogP contribution in [-0.2, 0) is 0 Å². The van der Waals surface area contributed by atoms with Crippen LogP contribution in [0, 0.1) is 11.3 Å². The van der Waals surface area contributed by atoms with Crippen molar-refractivity contribution in [2.45, 2.75) is 6.92 Å². The summed E-state index contributed by atoms with van der Waals surface area (Å²) in [5.74, 6) is 0.771. The number of hydrogen-bond acceptors (Lipinski definition) is 2. The molecule has 0 fully saturated rings. The number of halogens is 1. The molecule has 0 aliphatic rings. The largest absolute Gasteiger partial charge is 0.497 e. The summed E-state index contributed by atoms with van der Waals surface area (Å²) < 4.78 is 5.01. The van der Waals surface area contributed by atoms with E-state index < -0.39 is 0 Å². The maximum Gasteiger partial charge on any atom is 0.118 e. The van der Waals surface area contributed by atoms with Crippen molar-refractivity contribution in [3.8, 4) is 11.8 Å². The maximum atomic E-state index is 8.65. The Morgan fingerprint density at radius 3 is 2.36 bits per heavy atom. The maximum absolute atomic E-state index is 8.65. The van der Waals surface area contributed by atoms with E-state index in [9.17, 15) is 0 Å². The van der Waals surface area contributed by atoms with E-state index >= 15 is 0 Å². The predicted molar refractivity (Wildman–Crippen MR) is 57.1 cm³/mol. The number of nitriles is 1. The van der Waals surface area contributed by atoms with Crippen molar-refractivity contribution in [2.24, 2.45) is 0 Å². The van der Waals surface area contributed by atoms with Crippen LogP contribution in [0.5, 0.6) is 5.75 Å². The van der Waals surface area contributed by atoms with Crippen LogP contribution in [0.2, 0.25) is 0 Å². The van der Waals surface area contributed by atoms with E-state index in [1.54, 1.807) is 14.0 Å². The van der Waals surface area contributed by atoms with Crippen LogP contribution < -0.4 is 4.74 Å². The van der Waals surface area contributed by atoms with Crippen molar-refractivity contribution >= 4 is 16.6 Å². The minimum atomic E-state index is 0.482. The SMILES string of the molecule is COc1ccc(/C(Cl)=C(\C)C#N)cc1. The minimum Gasteiger partial charge on any atom is -0.497 e.